The number of ether oxygens (including phenoxy) is 1. The summed E-state index contributed by atoms with van der Waals surface area (Å²) in [6.45, 7) is 0. The maximum atomic E-state index is 12.3. The smallest absolute Gasteiger partial charge is 0.406 e. The van der Waals surface area contributed by atoms with Gasteiger partial charge < -0.3 is 10.1 Å². The number of aromatic nitrogens is 3. The van der Waals surface area contributed by atoms with Crippen LogP contribution in [0.3, 0.4) is 0 Å². The maximum Gasteiger partial charge on any atom is 0.573 e. The van der Waals surface area contributed by atoms with Crippen molar-refractivity contribution in [3.05, 3.63) is 66.5 Å². The number of alkyl halides is 3. The zero-order valence-electron chi connectivity index (χ0n) is 14.7. The Hall–Kier alpha value is -3.40. The third-order valence-corrected chi connectivity index (χ3v) is 4.79. The first-order valence-corrected chi connectivity index (χ1v) is 9.22. The summed E-state index contributed by atoms with van der Waals surface area (Å²) in [5.74, 6) is -0.636. The normalized spacial score (nSPS) is 11.6. The van der Waals surface area contributed by atoms with Crippen LogP contribution in [0.5, 0.6) is 5.75 Å². The van der Waals surface area contributed by atoms with Crippen molar-refractivity contribution in [3.63, 3.8) is 0 Å². The highest BCUT2D eigenvalue weighted by Gasteiger charge is 2.31. The molecule has 2 heterocycles. The van der Waals surface area contributed by atoms with E-state index >= 15 is 0 Å². The Kier molecular flexibility index (Phi) is 4.93. The number of nitrogens with zero attached hydrogens (tertiary/aromatic N) is 3. The molecule has 0 aliphatic rings. The van der Waals surface area contributed by atoms with E-state index in [9.17, 15) is 18.0 Å². The zero-order valence-corrected chi connectivity index (χ0v) is 15.5. The quantitative estimate of drug-likeness (QED) is 0.516. The van der Waals surface area contributed by atoms with Gasteiger partial charge in [0.15, 0.2) is 5.13 Å². The van der Waals surface area contributed by atoms with Gasteiger partial charge in [-0.25, -0.2) is 9.67 Å². The van der Waals surface area contributed by atoms with E-state index in [2.05, 4.69) is 20.1 Å². The lowest BCUT2D eigenvalue weighted by molar-refractivity contribution is -0.274. The van der Waals surface area contributed by atoms with Crippen LogP contribution in [-0.2, 0) is 11.2 Å². The lowest BCUT2D eigenvalue weighted by atomic mass is 10.2. The van der Waals surface area contributed by atoms with E-state index in [4.69, 9.17) is 0 Å². The first-order chi connectivity index (χ1) is 13.9. The Labute approximate surface area is 166 Å². The predicted molar refractivity (Wildman–Crippen MR) is 102 cm³/mol. The van der Waals surface area contributed by atoms with E-state index in [1.54, 1.807) is 17.1 Å². The van der Waals surface area contributed by atoms with Crippen molar-refractivity contribution in [1.29, 1.82) is 0 Å². The molecule has 10 heteroatoms. The minimum Gasteiger partial charge on any atom is -0.406 e. The topological polar surface area (TPSA) is 69.0 Å². The lowest BCUT2D eigenvalue weighted by Gasteiger charge is -2.07. The average Bonchev–Trinajstić information content (AvgIpc) is 3.27. The van der Waals surface area contributed by atoms with Gasteiger partial charge in [0.05, 0.1) is 28.5 Å². The fourth-order valence-electron chi connectivity index (χ4n) is 2.68. The van der Waals surface area contributed by atoms with E-state index in [0.29, 0.717) is 20.9 Å². The van der Waals surface area contributed by atoms with Gasteiger partial charge in [0.1, 0.15) is 5.75 Å². The molecule has 0 radical (unpaired) electrons. The molecule has 2 aromatic heterocycles. The molecule has 0 aliphatic carbocycles. The van der Waals surface area contributed by atoms with Crippen molar-refractivity contribution >= 4 is 32.6 Å². The standard InChI is InChI=1S/C19H13F3N4O2S/c20-19(21,22)28-14-6-7-15-16(9-14)29-18(24-15)25-17(27)8-12-10-23-26(11-12)13-4-2-1-3-5-13/h1-7,9-11H,8H2,(H,24,25,27). The molecule has 0 bridgehead atoms. The van der Waals surface area contributed by atoms with Crippen molar-refractivity contribution in [3.8, 4) is 11.4 Å². The highest BCUT2D eigenvalue weighted by atomic mass is 32.1. The number of hydrogen-bond donors (Lipinski definition) is 1. The second kappa shape index (κ2) is 7.55. The molecule has 1 N–H and O–H groups in total. The van der Waals surface area contributed by atoms with E-state index < -0.39 is 6.36 Å². The van der Waals surface area contributed by atoms with Crippen molar-refractivity contribution in [2.45, 2.75) is 12.8 Å². The number of nitrogens with one attached hydrogen (secondary N) is 1. The number of para-hydroxylation sites is 1. The average molecular weight is 418 g/mol. The maximum absolute atomic E-state index is 12.3. The number of carbonyl (C=O) groups excluding carboxylic acids is 1. The SMILES string of the molecule is O=C(Cc1cnn(-c2ccccc2)c1)Nc1nc2ccc(OC(F)(F)F)cc2s1. The first kappa shape index (κ1) is 18.9. The number of thiazole rings is 1. The van der Waals surface area contributed by atoms with E-state index in [0.717, 1.165) is 17.0 Å². The molecule has 0 saturated carbocycles. The van der Waals surface area contributed by atoms with Crippen molar-refractivity contribution < 1.29 is 22.7 Å². The number of fused-ring (bicyclic) bond motifs is 1. The van der Waals surface area contributed by atoms with Crippen LogP contribution >= 0.6 is 11.3 Å². The molecule has 0 atom stereocenters. The van der Waals surface area contributed by atoms with Gasteiger partial charge in [0.2, 0.25) is 5.91 Å². The summed E-state index contributed by atoms with van der Waals surface area (Å²) in [5, 5.41) is 7.20. The van der Waals surface area contributed by atoms with Crippen LogP contribution < -0.4 is 10.1 Å². The molecule has 0 spiro atoms. The van der Waals surface area contributed by atoms with Crippen LogP contribution in [0.15, 0.2) is 60.9 Å². The second-order valence-corrected chi connectivity index (χ2v) is 7.08. The third-order valence-electron chi connectivity index (χ3n) is 3.86. The summed E-state index contributed by atoms with van der Waals surface area (Å²) in [6.07, 6.45) is -1.31. The summed E-state index contributed by atoms with van der Waals surface area (Å²) < 4.78 is 43.1. The Bertz CT molecular complexity index is 1160. The highest BCUT2D eigenvalue weighted by Crippen LogP contribution is 2.31. The molecule has 0 unspecified atom stereocenters. The molecule has 29 heavy (non-hydrogen) atoms. The van der Waals surface area contributed by atoms with E-state index in [-0.39, 0.29) is 18.1 Å². The molecule has 0 saturated heterocycles. The molecule has 0 fully saturated rings. The summed E-state index contributed by atoms with van der Waals surface area (Å²) in [7, 11) is 0. The molecule has 2 aromatic carbocycles. The van der Waals surface area contributed by atoms with Crippen molar-refractivity contribution in [2.24, 2.45) is 0 Å². The van der Waals surface area contributed by atoms with Gasteiger partial charge >= 0.3 is 6.36 Å². The van der Waals surface area contributed by atoms with Crippen LogP contribution in [0.4, 0.5) is 18.3 Å². The number of anilines is 1. The number of hydrogen-bond acceptors (Lipinski definition) is 5. The molecule has 4 rings (SSSR count). The molecular formula is C19H13F3N4O2S. The second-order valence-electron chi connectivity index (χ2n) is 6.05. The predicted octanol–water partition coefficient (Wildman–Crippen LogP) is 4.56. The van der Waals surface area contributed by atoms with Crippen LogP contribution in [-0.4, -0.2) is 27.0 Å². The van der Waals surface area contributed by atoms with Crippen LogP contribution in [0.1, 0.15) is 5.56 Å². The monoisotopic (exact) mass is 418 g/mol. The highest BCUT2D eigenvalue weighted by molar-refractivity contribution is 7.22. The first-order valence-electron chi connectivity index (χ1n) is 8.41. The summed E-state index contributed by atoms with van der Waals surface area (Å²) in [5.41, 5.74) is 2.06. The van der Waals surface area contributed by atoms with Gasteiger partial charge in [-0.15, -0.1) is 13.2 Å². The van der Waals surface area contributed by atoms with Crippen LogP contribution in [0.2, 0.25) is 0 Å². The molecule has 4 aromatic rings. The molecule has 148 valence electrons. The Morgan fingerprint density at radius 2 is 1.97 bits per heavy atom. The summed E-state index contributed by atoms with van der Waals surface area (Å²) in [4.78, 5) is 16.5. The van der Waals surface area contributed by atoms with Gasteiger partial charge in [-0.1, -0.05) is 29.5 Å². The lowest BCUT2D eigenvalue weighted by Crippen LogP contribution is -2.16. The fraction of sp³-hybridized carbons (Fsp3) is 0.105. The largest absolute Gasteiger partial charge is 0.573 e. The molecule has 0 aliphatic heterocycles. The Balaban J connectivity index is 1.43. The van der Waals surface area contributed by atoms with Gasteiger partial charge in [0.25, 0.3) is 0 Å². The van der Waals surface area contributed by atoms with Gasteiger partial charge in [0, 0.05) is 12.3 Å². The minimum atomic E-state index is -4.76. The zero-order chi connectivity index (χ0) is 20.4. The van der Waals surface area contributed by atoms with Gasteiger partial charge in [-0.3, -0.25) is 4.79 Å². The summed E-state index contributed by atoms with van der Waals surface area (Å²) >= 11 is 1.07. The number of rotatable bonds is 5. The fourth-order valence-corrected chi connectivity index (χ4v) is 3.59. The van der Waals surface area contributed by atoms with Crippen molar-refractivity contribution in [2.75, 3.05) is 5.32 Å². The van der Waals surface area contributed by atoms with Gasteiger partial charge in [-0.05, 0) is 29.8 Å². The summed E-state index contributed by atoms with van der Waals surface area (Å²) in [6, 6.07) is 13.3. The molecule has 1 amide bonds. The third kappa shape index (κ3) is 4.72. The Morgan fingerprint density at radius 3 is 2.72 bits per heavy atom. The Morgan fingerprint density at radius 1 is 1.17 bits per heavy atom. The van der Waals surface area contributed by atoms with Crippen LogP contribution in [0.25, 0.3) is 15.9 Å². The number of carbonyl (C=O) groups is 1. The molecule has 6 nitrogen and oxygen atoms in total. The van der Waals surface area contributed by atoms with E-state index in [1.807, 2.05) is 30.3 Å². The van der Waals surface area contributed by atoms with Crippen molar-refractivity contribution in [1.82, 2.24) is 14.8 Å². The van der Waals surface area contributed by atoms with Crippen LogP contribution in [0, 0.1) is 0 Å². The van der Waals surface area contributed by atoms with E-state index in [1.165, 1.54) is 18.2 Å². The number of benzene rings is 2. The minimum absolute atomic E-state index is 0.0885. The number of amides is 1. The van der Waals surface area contributed by atoms with Gasteiger partial charge in [-0.2, -0.15) is 5.10 Å². The number of halogens is 3. The molecular weight excluding hydrogens is 405 g/mol.